The molecule has 3 aromatic rings. The molecule has 0 aliphatic carbocycles. The minimum atomic E-state index is -4.16. The van der Waals surface area contributed by atoms with Crippen LogP contribution in [0.1, 0.15) is 30.5 Å². The number of hydrogen-bond donors (Lipinski definition) is 1. The van der Waals surface area contributed by atoms with Gasteiger partial charge in [0.15, 0.2) is 0 Å². The summed E-state index contributed by atoms with van der Waals surface area (Å²) in [6, 6.07) is 17.3. The molecule has 0 bridgehead atoms. The molecule has 3 rings (SSSR count). The summed E-state index contributed by atoms with van der Waals surface area (Å²) >= 11 is 12.3. The second-order valence-electron chi connectivity index (χ2n) is 8.97. The van der Waals surface area contributed by atoms with Crippen molar-refractivity contribution in [2.24, 2.45) is 0 Å². The van der Waals surface area contributed by atoms with Crippen molar-refractivity contribution < 1.29 is 18.0 Å². The molecule has 0 aliphatic rings. The summed E-state index contributed by atoms with van der Waals surface area (Å²) in [7, 11) is -4.16. The Hall–Kier alpha value is -3.07. The number of rotatable bonds is 10. The summed E-state index contributed by atoms with van der Waals surface area (Å²) in [5.74, 6) is -0.893. The van der Waals surface area contributed by atoms with Crippen LogP contribution in [0.5, 0.6) is 0 Å². The van der Waals surface area contributed by atoms with Crippen molar-refractivity contribution in [1.82, 2.24) is 10.2 Å². The van der Waals surface area contributed by atoms with Crippen molar-refractivity contribution in [1.29, 1.82) is 0 Å². The van der Waals surface area contributed by atoms with Gasteiger partial charge in [-0.3, -0.25) is 13.9 Å². The lowest BCUT2D eigenvalue weighted by Gasteiger charge is -2.32. The van der Waals surface area contributed by atoms with E-state index in [9.17, 15) is 18.0 Å². The maximum Gasteiger partial charge on any atom is 0.264 e. The molecule has 0 saturated heterocycles. The molecule has 1 atom stereocenters. The van der Waals surface area contributed by atoms with Crippen LogP contribution in [0.2, 0.25) is 10.0 Å². The zero-order valence-corrected chi connectivity index (χ0v) is 24.1. The number of carbonyl (C=O) groups is 2. The van der Waals surface area contributed by atoms with E-state index in [1.54, 1.807) is 69.3 Å². The molecule has 10 heteroatoms. The van der Waals surface area contributed by atoms with Gasteiger partial charge in [0, 0.05) is 23.1 Å². The molecule has 38 heavy (non-hydrogen) atoms. The quantitative estimate of drug-likeness (QED) is 0.352. The zero-order valence-electron chi connectivity index (χ0n) is 21.7. The summed E-state index contributed by atoms with van der Waals surface area (Å²) in [4.78, 5) is 28.0. The van der Waals surface area contributed by atoms with Gasteiger partial charge in [-0.1, -0.05) is 59.1 Å². The molecular formula is C28H31Cl2N3O4S. The van der Waals surface area contributed by atoms with E-state index in [0.717, 1.165) is 15.4 Å². The van der Waals surface area contributed by atoms with Crippen molar-refractivity contribution >= 4 is 50.7 Å². The van der Waals surface area contributed by atoms with Gasteiger partial charge in [-0.2, -0.15) is 0 Å². The Bertz CT molecular complexity index is 1390. The van der Waals surface area contributed by atoms with E-state index < -0.39 is 28.5 Å². The Morgan fingerprint density at radius 3 is 2.13 bits per heavy atom. The third-order valence-electron chi connectivity index (χ3n) is 6.11. The molecule has 0 aliphatic heterocycles. The fraction of sp³-hybridized carbons (Fsp3) is 0.286. The van der Waals surface area contributed by atoms with Crippen molar-refractivity contribution in [3.63, 3.8) is 0 Å². The Balaban J connectivity index is 2.07. The number of halogens is 2. The smallest absolute Gasteiger partial charge is 0.264 e. The van der Waals surface area contributed by atoms with Crippen molar-refractivity contribution in [3.05, 3.63) is 93.5 Å². The Kier molecular flexibility index (Phi) is 9.82. The summed E-state index contributed by atoms with van der Waals surface area (Å²) < 4.78 is 28.8. The van der Waals surface area contributed by atoms with Gasteiger partial charge in [0.05, 0.1) is 10.6 Å². The molecule has 0 heterocycles. The third kappa shape index (κ3) is 7.07. The zero-order chi connectivity index (χ0) is 28.0. The molecule has 7 nitrogen and oxygen atoms in total. The fourth-order valence-electron chi connectivity index (χ4n) is 3.89. The molecule has 0 fully saturated rings. The van der Waals surface area contributed by atoms with Gasteiger partial charge in [0.1, 0.15) is 12.6 Å². The lowest BCUT2D eigenvalue weighted by atomic mass is 10.1. The topological polar surface area (TPSA) is 86.8 Å². The van der Waals surface area contributed by atoms with E-state index in [2.05, 4.69) is 5.32 Å². The van der Waals surface area contributed by atoms with E-state index in [1.807, 2.05) is 6.92 Å². The predicted octanol–water partition coefficient (Wildman–Crippen LogP) is 5.36. The van der Waals surface area contributed by atoms with E-state index in [1.165, 1.54) is 23.1 Å². The number of amides is 2. The van der Waals surface area contributed by atoms with Crippen LogP contribution in [0.3, 0.4) is 0 Å². The summed E-state index contributed by atoms with van der Waals surface area (Å²) in [6.45, 7) is 6.95. The van der Waals surface area contributed by atoms with Crippen LogP contribution in [-0.4, -0.2) is 44.3 Å². The number of nitrogens with zero attached hydrogens (tertiary/aromatic N) is 2. The largest absolute Gasteiger partial charge is 0.355 e. The van der Waals surface area contributed by atoms with Crippen molar-refractivity contribution in [2.45, 2.75) is 45.2 Å². The van der Waals surface area contributed by atoms with Crippen LogP contribution in [0.15, 0.2) is 71.6 Å². The van der Waals surface area contributed by atoms with Crippen LogP contribution in [0, 0.1) is 13.8 Å². The predicted molar refractivity (Wildman–Crippen MR) is 152 cm³/mol. The number of hydrogen-bond acceptors (Lipinski definition) is 4. The van der Waals surface area contributed by atoms with Gasteiger partial charge in [-0.25, -0.2) is 8.42 Å². The van der Waals surface area contributed by atoms with Crippen molar-refractivity contribution in [3.8, 4) is 0 Å². The molecule has 0 saturated carbocycles. The molecule has 1 N–H and O–H groups in total. The van der Waals surface area contributed by atoms with Gasteiger partial charge in [-0.05, 0) is 75.2 Å². The Morgan fingerprint density at radius 2 is 1.53 bits per heavy atom. The monoisotopic (exact) mass is 575 g/mol. The second kappa shape index (κ2) is 12.7. The Morgan fingerprint density at radius 1 is 0.921 bits per heavy atom. The maximum absolute atomic E-state index is 13.9. The summed E-state index contributed by atoms with van der Waals surface area (Å²) in [6.07, 6.45) is 0. The second-order valence-corrected chi connectivity index (χ2v) is 11.7. The summed E-state index contributed by atoms with van der Waals surface area (Å²) in [5, 5.41) is 3.60. The first-order valence-corrected chi connectivity index (χ1v) is 14.3. The van der Waals surface area contributed by atoms with Crippen LogP contribution in [0.25, 0.3) is 0 Å². The molecule has 0 aromatic heterocycles. The van der Waals surface area contributed by atoms with Gasteiger partial charge in [-0.15, -0.1) is 0 Å². The number of nitrogens with one attached hydrogen (secondary N) is 1. The number of anilines is 1. The van der Waals surface area contributed by atoms with Crippen LogP contribution >= 0.6 is 23.2 Å². The highest BCUT2D eigenvalue weighted by atomic mass is 35.5. The highest BCUT2D eigenvalue weighted by Crippen LogP contribution is 2.30. The standard InChI is InChI=1S/C28H31Cl2N3O4S/c1-5-31-28(35)21(4)32(17-22-9-12-23(29)13-10-22)27(34)18-33(26-16-24(30)11-8-20(26)3)38(36,37)25-14-6-19(2)7-15-25/h6-16,21H,5,17-18H2,1-4H3,(H,31,35)/t21-/m0/s1. The van der Waals surface area contributed by atoms with Crippen LogP contribution in [0.4, 0.5) is 5.69 Å². The van der Waals surface area contributed by atoms with Gasteiger partial charge < -0.3 is 10.2 Å². The molecule has 0 spiro atoms. The molecule has 0 unspecified atom stereocenters. The molecule has 2 amide bonds. The minimum absolute atomic E-state index is 0.0382. The van der Waals surface area contributed by atoms with Gasteiger partial charge >= 0.3 is 0 Å². The third-order valence-corrected chi connectivity index (χ3v) is 8.37. The van der Waals surface area contributed by atoms with Crippen LogP contribution in [-0.2, 0) is 26.2 Å². The number of aryl methyl sites for hydroxylation is 2. The first kappa shape index (κ1) is 29.5. The lowest BCUT2D eigenvalue weighted by molar-refractivity contribution is -0.139. The average Bonchev–Trinajstić information content (AvgIpc) is 2.88. The van der Waals surface area contributed by atoms with Crippen LogP contribution < -0.4 is 9.62 Å². The number of sulfonamides is 1. The maximum atomic E-state index is 13.9. The number of carbonyl (C=O) groups excluding carboxylic acids is 2. The number of likely N-dealkylation sites (N-methyl/N-ethyl adjacent to an activating group) is 1. The number of benzene rings is 3. The van der Waals surface area contributed by atoms with E-state index >= 15 is 0 Å². The first-order chi connectivity index (χ1) is 17.9. The van der Waals surface area contributed by atoms with Gasteiger partial charge in [0.2, 0.25) is 11.8 Å². The van der Waals surface area contributed by atoms with Crippen molar-refractivity contribution in [2.75, 3.05) is 17.4 Å². The highest BCUT2D eigenvalue weighted by Gasteiger charge is 2.33. The SMILES string of the molecule is CCNC(=O)[C@H](C)N(Cc1ccc(Cl)cc1)C(=O)CN(c1cc(Cl)ccc1C)S(=O)(=O)c1ccc(C)cc1. The normalized spacial score (nSPS) is 12.1. The molecule has 3 aromatic carbocycles. The van der Waals surface area contributed by atoms with E-state index in [4.69, 9.17) is 23.2 Å². The van der Waals surface area contributed by atoms with E-state index in [-0.39, 0.29) is 23.0 Å². The molecule has 202 valence electrons. The minimum Gasteiger partial charge on any atom is -0.355 e. The first-order valence-electron chi connectivity index (χ1n) is 12.1. The summed E-state index contributed by atoms with van der Waals surface area (Å²) in [5.41, 5.74) is 2.55. The Labute approximate surface area is 234 Å². The molecular weight excluding hydrogens is 545 g/mol. The fourth-order valence-corrected chi connectivity index (χ4v) is 5.66. The van der Waals surface area contributed by atoms with Gasteiger partial charge in [0.25, 0.3) is 10.0 Å². The van der Waals surface area contributed by atoms with E-state index in [0.29, 0.717) is 22.2 Å². The highest BCUT2D eigenvalue weighted by molar-refractivity contribution is 7.92. The average molecular weight is 577 g/mol. The molecule has 0 radical (unpaired) electrons. The lowest BCUT2D eigenvalue weighted by Crippen LogP contribution is -2.51.